The van der Waals surface area contributed by atoms with Gasteiger partial charge in [-0.15, -0.1) is 0 Å². The summed E-state index contributed by atoms with van der Waals surface area (Å²) in [5, 5.41) is 3.81. The van der Waals surface area contributed by atoms with Gasteiger partial charge in [-0.2, -0.15) is 4.98 Å². The van der Waals surface area contributed by atoms with E-state index in [-0.39, 0.29) is 22.9 Å². The highest BCUT2D eigenvalue weighted by molar-refractivity contribution is 5.94. The number of carbonyl (C=O) groups excluding carboxylic acids is 1. The van der Waals surface area contributed by atoms with Crippen molar-refractivity contribution in [2.75, 3.05) is 13.1 Å². The Kier molecular flexibility index (Phi) is 5.04. The number of nitrogens with zero attached hydrogens (tertiary/aromatic N) is 3. The maximum absolute atomic E-state index is 13.8. The average Bonchev–Trinajstić information content (AvgIpc) is 3.22. The van der Waals surface area contributed by atoms with Crippen LogP contribution in [0.1, 0.15) is 35.0 Å². The second kappa shape index (κ2) is 7.65. The molecule has 3 aromatic rings. The van der Waals surface area contributed by atoms with Crippen molar-refractivity contribution in [2.45, 2.75) is 18.8 Å². The molecule has 9 heteroatoms. The predicted molar refractivity (Wildman–Crippen MR) is 93.9 cm³/mol. The Morgan fingerprint density at radius 1 is 0.966 bits per heavy atom. The Morgan fingerprint density at radius 3 is 2.41 bits per heavy atom. The molecule has 150 valence electrons. The lowest BCUT2D eigenvalue weighted by atomic mass is 9.96. The van der Waals surface area contributed by atoms with Gasteiger partial charge in [0.15, 0.2) is 11.6 Å². The van der Waals surface area contributed by atoms with Crippen LogP contribution in [0.3, 0.4) is 0 Å². The highest BCUT2D eigenvalue weighted by atomic mass is 19.2. The molecule has 0 unspecified atom stereocenters. The normalized spacial score (nSPS) is 15.0. The zero-order valence-electron chi connectivity index (χ0n) is 15.0. The summed E-state index contributed by atoms with van der Waals surface area (Å²) in [5.74, 6) is -3.68. The number of aromatic nitrogens is 2. The summed E-state index contributed by atoms with van der Waals surface area (Å²) < 4.78 is 58.9. The fraction of sp³-hybridized carbons (Fsp3) is 0.250. The molecule has 29 heavy (non-hydrogen) atoms. The van der Waals surface area contributed by atoms with E-state index in [0.29, 0.717) is 31.8 Å². The fourth-order valence-corrected chi connectivity index (χ4v) is 3.31. The average molecular weight is 405 g/mol. The molecule has 5 nitrogen and oxygen atoms in total. The Bertz CT molecular complexity index is 1060. The van der Waals surface area contributed by atoms with Crippen molar-refractivity contribution < 1.29 is 26.9 Å². The van der Waals surface area contributed by atoms with Crippen molar-refractivity contribution in [3.8, 4) is 11.4 Å². The minimum atomic E-state index is -1.01. The number of benzene rings is 2. The predicted octanol–water partition coefficient (Wildman–Crippen LogP) is 4.31. The van der Waals surface area contributed by atoms with Crippen molar-refractivity contribution in [1.82, 2.24) is 15.0 Å². The minimum Gasteiger partial charge on any atom is -0.339 e. The van der Waals surface area contributed by atoms with Crippen LogP contribution < -0.4 is 0 Å². The van der Waals surface area contributed by atoms with Gasteiger partial charge in [0.2, 0.25) is 11.7 Å². The molecule has 0 atom stereocenters. The van der Waals surface area contributed by atoms with Gasteiger partial charge in [-0.1, -0.05) is 5.16 Å². The third-order valence-corrected chi connectivity index (χ3v) is 4.91. The van der Waals surface area contributed by atoms with E-state index in [2.05, 4.69) is 10.1 Å². The van der Waals surface area contributed by atoms with Crippen molar-refractivity contribution in [3.05, 3.63) is 71.1 Å². The second-order valence-electron chi connectivity index (χ2n) is 6.78. The SMILES string of the molecule is O=C(c1cc(F)ccc1F)N1CCC(c2nc(-c3ccc(F)c(F)c3)no2)CC1. The zero-order valence-corrected chi connectivity index (χ0v) is 15.0. The molecule has 1 aliphatic rings. The zero-order chi connectivity index (χ0) is 20.5. The summed E-state index contributed by atoms with van der Waals surface area (Å²) in [4.78, 5) is 18.2. The molecule has 1 aromatic heterocycles. The Labute approximate surface area is 162 Å². The molecule has 0 aliphatic carbocycles. The van der Waals surface area contributed by atoms with Gasteiger partial charge in [0.25, 0.3) is 5.91 Å². The standard InChI is InChI=1S/C20H15F4N3O2/c21-13-2-4-15(22)14(10-13)20(28)27-7-5-11(6-8-27)19-25-18(26-29-19)12-1-3-16(23)17(24)9-12/h1-4,9-11H,5-8H2. The van der Waals surface area contributed by atoms with Crippen LogP contribution >= 0.6 is 0 Å². The van der Waals surface area contributed by atoms with Gasteiger partial charge in [0.1, 0.15) is 11.6 Å². The third kappa shape index (κ3) is 3.85. The molecule has 2 aromatic carbocycles. The molecule has 0 radical (unpaired) electrons. The van der Waals surface area contributed by atoms with Gasteiger partial charge in [-0.25, -0.2) is 17.6 Å². The van der Waals surface area contributed by atoms with E-state index in [1.807, 2.05) is 0 Å². The molecule has 0 N–H and O–H groups in total. The number of hydrogen-bond donors (Lipinski definition) is 0. The van der Waals surface area contributed by atoms with Gasteiger partial charge in [-0.3, -0.25) is 4.79 Å². The maximum atomic E-state index is 13.8. The summed E-state index contributed by atoms with van der Waals surface area (Å²) in [7, 11) is 0. The van der Waals surface area contributed by atoms with Crippen molar-refractivity contribution >= 4 is 5.91 Å². The van der Waals surface area contributed by atoms with E-state index < -0.39 is 29.2 Å². The first-order chi connectivity index (χ1) is 13.9. The van der Waals surface area contributed by atoms with Gasteiger partial charge in [0, 0.05) is 24.6 Å². The molecule has 0 bridgehead atoms. The number of amides is 1. The number of rotatable bonds is 3. The third-order valence-electron chi connectivity index (χ3n) is 4.91. The molecule has 4 rings (SSSR count). The monoisotopic (exact) mass is 405 g/mol. The molecule has 1 fully saturated rings. The number of carbonyl (C=O) groups is 1. The van der Waals surface area contributed by atoms with Crippen LogP contribution in [-0.2, 0) is 0 Å². The Morgan fingerprint density at radius 2 is 1.69 bits per heavy atom. The van der Waals surface area contributed by atoms with Gasteiger partial charge in [0.05, 0.1) is 5.56 Å². The lowest BCUT2D eigenvalue weighted by molar-refractivity contribution is 0.0699. The maximum Gasteiger partial charge on any atom is 0.256 e. The van der Waals surface area contributed by atoms with Crippen LogP contribution in [-0.4, -0.2) is 34.0 Å². The summed E-state index contributed by atoms with van der Waals surface area (Å²) in [6.07, 6.45) is 0.976. The van der Waals surface area contributed by atoms with E-state index in [1.54, 1.807) is 0 Å². The molecule has 0 saturated carbocycles. The highest BCUT2D eigenvalue weighted by Gasteiger charge is 2.29. The smallest absolute Gasteiger partial charge is 0.256 e. The van der Waals surface area contributed by atoms with Crippen molar-refractivity contribution in [3.63, 3.8) is 0 Å². The second-order valence-corrected chi connectivity index (χ2v) is 6.78. The number of piperidine rings is 1. The van der Waals surface area contributed by atoms with E-state index >= 15 is 0 Å². The fourth-order valence-electron chi connectivity index (χ4n) is 3.31. The van der Waals surface area contributed by atoms with E-state index in [4.69, 9.17) is 4.52 Å². The van der Waals surface area contributed by atoms with Gasteiger partial charge in [-0.05, 0) is 49.2 Å². The molecule has 2 heterocycles. The molecule has 1 aliphatic heterocycles. The first kappa shape index (κ1) is 19.1. The lowest BCUT2D eigenvalue weighted by Gasteiger charge is -2.30. The summed E-state index contributed by atoms with van der Waals surface area (Å²) in [5.41, 5.74) is -0.0186. The highest BCUT2D eigenvalue weighted by Crippen LogP contribution is 2.29. The Hall–Kier alpha value is -3.23. The van der Waals surface area contributed by atoms with Gasteiger partial charge >= 0.3 is 0 Å². The molecule has 1 saturated heterocycles. The molecular weight excluding hydrogens is 390 g/mol. The minimum absolute atomic E-state index is 0.136. The van der Waals surface area contributed by atoms with Crippen LogP contribution in [0.15, 0.2) is 40.9 Å². The van der Waals surface area contributed by atoms with Crippen LogP contribution in [0.2, 0.25) is 0 Å². The molecular formula is C20H15F4N3O2. The summed E-state index contributed by atoms with van der Waals surface area (Å²) in [6, 6.07) is 6.08. The van der Waals surface area contributed by atoms with Crippen molar-refractivity contribution in [1.29, 1.82) is 0 Å². The molecule has 1 amide bonds. The Balaban J connectivity index is 1.43. The number of hydrogen-bond acceptors (Lipinski definition) is 4. The van der Waals surface area contributed by atoms with Crippen LogP contribution in [0.4, 0.5) is 17.6 Å². The lowest BCUT2D eigenvalue weighted by Crippen LogP contribution is -2.38. The van der Waals surface area contributed by atoms with Crippen molar-refractivity contribution in [2.24, 2.45) is 0 Å². The van der Waals surface area contributed by atoms with Crippen LogP contribution in [0.5, 0.6) is 0 Å². The van der Waals surface area contributed by atoms with E-state index in [9.17, 15) is 22.4 Å². The summed E-state index contributed by atoms with van der Waals surface area (Å²) in [6.45, 7) is 0.616. The molecule has 0 spiro atoms. The van der Waals surface area contributed by atoms with Crippen LogP contribution in [0, 0.1) is 23.3 Å². The number of halogens is 4. The number of likely N-dealkylation sites (tertiary alicyclic amines) is 1. The topological polar surface area (TPSA) is 59.2 Å². The first-order valence-corrected chi connectivity index (χ1v) is 8.95. The summed E-state index contributed by atoms with van der Waals surface area (Å²) >= 11 is 0. The first-order valence-electron chi connectivity index (χ1n) is 8.95. The van der Waals surface area contributed by atoms with E-state index in [1.165, 1.54) is 11.0 Å². The van der Waals surface area contributed by atoms with Crippen LogP contribution in [0.25, 0.3) is 11.4 Å². The van der Waals surface area contributed by atoms with E-state index in [0.717, 1.165) is 30.3 Å². The van der Waals surface area contributed by atoms with Gasteiger partial charge < -0.3 is 9.42 Å². The largest absolute Gasteiger partial charge is 0.339 e. The quantitative estimate of drug-likeness (QED) is 0.610.